The molecule has 0 heterocycles. The molecule has 2 aromatic carbocycles. The Labute approximate surface area is 147 Å². The van der Waals surface area contributed by atoms with Crippen LogP contribution < -0.4 is 5.32 Å². The van der Waals surface area contributed by atoms with E-state index in [4.69, 9.17) is 0 Å². The third-order valence-corrected chi connectivity index (χ3v) is 4.20. The van der Waals surface area contributed by atoms with Crippen molar-refractivity contribution in [1.29, 1.82) is 0 Å². The second kappa shape index (κ2) is 9.02. The topological polar surface area (TPSA) is 15.3 Å². The molecule has 0 fully saturated rings. The van der Waals surface area contributed by atoms with Crippen LogP contribution in [0.1, 0.15) is 36.1 Å². The lowest BCUT2D eigenvalue weighted by atomic mass is 10.1. The van der Waals surface area contributed by atoms with E-state index in [0.717, 1.165) is 43.8 Å². The van der Waals surface area contributed by atoms with Gasteiger partial charge in [-0.3, -0.25) is 0 Å². The largest absolute Gasteiger partial charge is 0.416 e. The maximum atomic E-state index is 12.6. The summed E-state index contributed by atoms with van der Waals surface area (Å²) in [5.74, 6) is 0. The Balaban J connectivity index is 1.70. The molecule has 1 unspecified atom stereocenters. The van der Waals surface area contributed by atoms with Gasteiger partial charge in [0.05, 0.1) is 5.56 Å². The van der Waals surface area contributed by atoms with Crippen LogP contribution in [0.25, 0.3) is 0 Å². The molecule has 0 spiro atoms. The summed E-state index contributed by atoms with van der Waals surface area (Å²) in [6.45, 7) is 4.66. The molecule has 0 saturated heterocycles. The highest BCUT2D eigenvalue weighted by molar-refractivity contribution is 5.26. The molecule has 0 aliphatic carbocycles. The zero-order chi connectivity index (χ0) is 18.3. The van der Waals surface area contributed by atoms with Crippen LogP contribution in [0.15, 0.2) is 54.6 Å². The summed E-state index contributed by atoms with van der Waals surface area (Å²) >= 11 is 0. The molecule has 0 amide bonds. The van der Waals surface area contributed by atoms with Crippen LogP contribution in [0, 0.1) is 0 Å². The highest BCUT2D eigenvalue weighted by Crippen LogP contribution is 2.29. The number of hydrogen-bond acceptors (Lipinski definition) is 2. The Morgan fingerprint density at radius 1 is 1.00 bits per heavy atom. The van der Waals surface area contributed by atoms with Gasteiger partial charge in [0, 0.05) is 12.6 Å². The van der Waals surface area contributed by atoms with Crippen molar-refractivity contribution in [3.63, 3.8) is 0 Å². The normalized spacial score (nSPS) is 13.2. The fourth-order valence-electron chi connectivity index (χ4n) is 2.72. The third-order valence-electron chi connectivity index (χ3n) is 4.20. The minimum absolute atomic E-state index is 0.0294. The molecular weight excluding hydrogens is 325 g/mol. The second-order valence-electron chi connectivity index (χ2n) is 6.37. The number of nitrogens with one attached hydrogen (secondary N) is 1. The maximum Gasteiger partial charge on any atom is 0.416 e. The quantitative estimate of drug-likeness (QED) is 0.683. The molecule has 1 atom stereocenters. The minimum atomic E-state index is -4.28. The highest BCUT2D eigenvalue weighted by Gasteiger charge is 2.30. The van der Waals surface area contributed by atoms with Gasteiger partial charge in [-0.15, -0.1) is 0 Å². The molecule has 1 N–H and O–H groups in total. The van der Waals surface area contributed by atoms with Crippen LogP contribution in [0.4, 0.5) is 13.2 Å². The van der Waals surface area contributed by atoms with E-state index in [9.17, 15) is 13.2 Å². The monoisotopic (exact) mass is 350 g/mol. The number of nitrogens with zero attached hydrogens (tertiary/aromatic N) is 1. The maximum absolute atomic E-state index is 12.6. The summed E-state index contributed by atoms with van der Waals surface area (Å²) < 4.78 is 37.7. The van der Waals surface area contributed by atoms with E-state index in [2.05, 4.69) is 29.4 Å². The first-order chi connectivity index (χ1) is 11.9. The molecule has 5 heteroatoms. The predicted octanol–water partition coefficient (Wildman–Crippen LogP) is 4.88. The van der Waals surface area contributed by atoms with E-state index < -0.39 is 11.7 Å². The second-order valence-corrected chi connectivity index (χ2v) is 6.37. The lowest BCUT2D eigenvalue weighted by Crippen LogP contribution is -2.25. The number of alkyl halides is 3. The SMILES string of the molecule is CC(NCCCN(C)Cc1ccccc1)c1ccc(C(F)(F)F)cc1. The van der Waals surface area contributed by atoms with E-state index in [-0.39, 0.29) is 6.04 Å². The van der Waals surface area contributed by atoms with Crippen LogP contribution >= 0.6 is 0 Å². The van der Waals surface area contributed by atoms with Crippen LogP contribution in [0.2, 0.25) is 0 Å². The van der Waals surface area contributed by atoms with Gasteiger partial charge in [-0.25, -0.2) is 0 Å². The first-order valence-electron chi connectivity index (χ1n) is 8.49. The molecule has 0 aliphatic heterocycles. The molecule has 25 heavy (non-hydrogen) atoms. The lowest BCUT2D eigenvalue weighted by molar-refractivity contribution is -0.137. The lowest BCUT2D eigenvalue weighted by Gasteiger charge is -2.19. The Morgan fingerprint density at radius 3 is 2.24 bits per heavy atom. The molecule has 0 saturated carbocycles. The Bertz CT molecular complexity index is 624. The molecule has 2 rings (SSSR count). The van der Waals surface area contributed by atoms with Crippen LogP contribution in [0.5, 0.6) is 0 Å². The van der Waals surface area contributed by atoms with Gasteiger partial charge < -0.3 is 10.2 Å². The molecule has 0 aromatic heterocycles. The first kappa shape index (κ1) is 19.5. The van der Waals surface area contributed by atoms with Crippen molar-refractivity contribution in [3.8, 4) is 0 Å². The highest BCUT2D eigenvalue weighted by atomic mass is 19.4. The number of rotatable bonds is 8. The van der Waals surface area contributed by atoms with Gasteiger partial charge in [-0.1, -0.05) is 42.5 Å². The summed E-state index contributed by atoms with van der Waals surface area (Å²) in [5.41, 5.74) is 1.55. The fourth-order valence-corrected chi connectivity index (χ4v) is 2.72. The Kier molecular flexibility index (Phi) is 7.02. The molecular formula is C20H25F3N2. The molecule has 2 nitrogen and oxygen atoms in total. The summed E-state index contributed by atoms with van der Waals surface area (Å²) in [5, 5.41) is 3.37. The van der Waals surface area contributed by atoms with E-state index in [1.807, 2.05) is 25.1 Å². The van der Waals surface area contributed by atoms with Gasteiger partial charge in [-0.2, -0.15) is 13.2 Å². The fraction of sp³-hybridized carbons (Fsp3) is 0.400. The van der Waals surface area contributed by atoms with Crippen molar-refractivity contribution in [2.75, 3.05) is 20.1 Å². The zero-order valence-electron chi connectivity index (χ0n) is 14.7. The van der Waals surface area contributed by atoms with Gasteiger partial charge in [0.25, 0.3) is 0 Å². The molecule has 0 aliphatic rings. The van der Waals surface area contributed by atoms with E-state index in [1.165, 1.54) is 5.56 Å². The van der Waals surface area contributed by atoms with Gasteiger partial charge in [0.2, 0.25) is 0 Å². The molecule has 136 valence electrons. The summed E-state index contributed by atoms with van der Waals surface area (Å²) in [4.78, 5) is 2.26. The Morgan fingerprint density at radius 2 is 1.64 bits per heavy atom. The predicted molar refractivity (Wildman–Crippen MR) is 95.3 cm³/mol. The van der Waals surface area contributed by atoms with E-state index in [0.29, 0.717) is 0 Å². The zero-order valence-corrected chi connectivity index (χ0v) is 14.7. The van der Waals surface area contributed by atoms with Crippen molar-refractivity contribution in [1.82, 2.24) is 10.2 Å². The summed E-state index contributed by atoms with van der Waals surface area (Å²) in [7, 11) is 2.09. The average molecular weight is 350 g/mol. The summed E-state index contributed by atoms with van der Waals surface area (Å²) in [6.07, 6.45) is -3.30. The molecule has 0 radical (unpaired) electrons. The standard InChI is InChI=1S/C20H25F3N2/c1-16(18-9-11-19(12-10-18)20(21,22)23)24-13-6-14-25(2)15-17-7-4-3-5-8-17/h3-5,7-12,16,24H,6,13-15H2,1-2H3. The van der Waals surface area contributed by atoms with E-state index in [1.54, 1.807) is 12.1 Å². The van der Waals surface area contributed by atoms with Crippen molar-refractivity contribution < 1.29 is 13.2 Å². The average Bonchev–Trinajstić information content (AvgIpc) is 2.59. The van der Waals surface area contributed by atoms with Crippen LogP contribution in [0.3, 0.4) is 0 Å². The molecule has 2 aromatic rings. The first-order valence-corrected chi connectivity index (χ1v) is 8.49. The van der Waals surface area contributed by atoms with Crippen LogP contribution in [-0.4, -0.2) is 25.0 Å². The van der Waals surface area contributed by atoms with Crippen molar-refractivity contribution in [3.05, 3.63) is 71.3 Å². The van der Waals surface area contributed by atoms with Gasteiger partial charge >= 0.3 is 6.18 Å². The summed E-state index contributed by atoms with van der Waals surface area (Å²) in [6, 6.07) is 15.7. The van der Waals surface area contributed by atoms with Gasteiger partial charge in [0.1, 0.15) is 0 Å². The van der Waals surface area contributed by atoms with E-state index >= 15 is 0 Å². The number of halogens is 3. The van der Waals surface area contributed by atoms with Crippen molar-refractivity contribution in [2.24, 2.45) is 0 Å². The van der Waals surface area contributed by atoms with Gasteiger partial charge in [-0.05, 0) is 56.7 Å². The smallest absolute Gasteiger partial charge is 0.310 e. The van der Waals surface area contributed by atoms with Crippen molar-refractivity contribution >= 4 is 0 Å². The van der Waals surface area contributed by atoms with Crippen LogP contribution in [-0.2, 0) is 12.7 Å². The van der Waals surface area contributed by atoms with Crippen molar-refractivity contribution in [2.45, 2.75) is 32.1 Å². The van der Waals surface area contributed by atoms with Gasteiger partial charge in [0.15, 0.2) is 0 Å². The number of benzene rings is 2. The molecule has 0 bridgehead atoms. The number of hydrogen-bond donors (Lipinski definition) is 1. The third kappa shape index (κ3) is 6.52. The minimum Gasteiger partial charge on any atom is -0.310 e. The Hall–Kier alpha value is -1.85.